The molecule has 1 N–H and O–H groups in total. The Morgan fingerprint density at radius 1 is 1.10 bits per heavy atom. The largest absolute Gasteiger partial charge is 0.484 e. The van der Waals surface area contributed by atoms with E-state index in [-0.39, 0.29) is 6.10 Å². The molecule has 0 fully saturated rings. The number of aryl methyl sites for hydroxylation is 1. The summed E-state index contributed by atoms with van der Waals surface area (Å²) < 4.78 is 6.07. The molecule has 0 radical (unpaired) electrons. The Morgan fingerprint density at radius 3 is 2.62 bits per heavy atom. The first kappa shape index (κ1) is 15.5. The van der Waals surface area contributed by atoms with Crippen molar-refractivity contribution in [3.05, 3.63) is 65.2 Å². The van der Waals surface area contributed by atoms with Crippen LogP contribution in [0.15, 0.2) is 48.5 Å². The van der Waals surface area contributed by atoms with Crippen molar-refractivity contribution in [3.63, 3.8) is 0 Å². The van der Waals surface area contributed by atoms with Crippen LogP contribution in [-0.2, 0) is 6.54 Å². The van der Waals surface area contributed by atoms with Gasteiger partial charge >= 0.3 is 0 Å². The van der Waals surface area contributed by atoms with Crippen LogP contribution in [-0.4, -0.2) is 16.8 Å². The fourth-order valence-electron chi connectivity index (χ4n) is 2.44. The number of benzene rings is 2. The summed E-state index contributed by atoms with van der Waals surface area (Å²) in [6.45, 7) is 7.03. The van der Waals surface area contributed by atoms with Crippen LogP contribution in [0.3, 0.4) is 0 Å². The second-order valence-electron chi connectivity index (χ2n) is 4.98. The molecular formula is C18H23NO2. The number of rotatable bonds is 1. The maximum absolute atomic E-state index is 9.99. The molecule has 3 rings (SSSR count). The fourth-order valence-corrected chi connectivity index (χ4v) is 2.44. The number of hydrogen-bond donors (Lipinski definition) is 1. The Hall–Kier alpha value is -1.84. The molecule has 1 unspecified atom stereocenters. The van der Waals surface area contributed by atoms with Crippen LogP contribution >= 0.6 is 0 Å². The topological polar surface area (TPSA) is 32.7 Å². The molecule has 2 aromatic rings. The van der Waals surface area contributed by atoms with Crippen LogP contribution in [0, 0.1) is 6.92 Å². The summed E-state index contributed by atoms with van der Waals surface area (Å²) >= 11 is 0. The summed E-state index contributed by atoms with van der Waals surface area (Å²) in [5.74, 6) is 0.852. The van der Waals surface area contributed by atoms with Crippen molar-refractivity contribution >= 4 is 0 Å². The third kappa shape index (κ3) is 3.84. The Kier molecular flexibility index (Phi) is 5.37. The maximum atomic E-state index is 9.99. The Balaban J connectivity index is 0.000000774. The highest BCUT2D eigenvalue weighted by Gasteiger charge is 2.23. The molecule has 112 valence electrons. The molecule has 3 heteroatoms. The van der Waals surface area contributed by atoms with Crippen LogP contribution in [0.2, 0.25) is 0 Å². The van der Waals surface area contributed by atoms with Gasteiger partial charge in [0.1, 0.15) is 11.9 Å². The molecule has 1 aliphatic heterocycles. The molecule has 1 atom stereocenters. The van der Waals surface area contributed by atoms with Crippen LogP contribution in [0.25, 0.3) is 0 Å². The van der Waals surface area contributed by atoms with Crippen molar-refractivity contribution in [1.82, 2.24) is 5.06 Å². The molecule has 0 saturated heterocycles. The fraction of sp³-hybridized carbons (Fsp3) is 0.333. The van der Waals surface area contributed by atoms with Gasteiger partial charge in [-0.05, 0) is 18.6 Å². The number of ether oxygens (including phenoxy) is 1. The first-order valence-electron chi connectivity index (χ1n) is 7.47. The Bertz CT molecular complexity index is 583. The minimum atomic E-state index is -0.145. The zero-order valence-corrected chi connectivity index (χ0v) is 12.9. The maximum Gasteiger partial charge on any atom is 0.139 e. The second-order valence-corrected chi connectivity index (χ2v) is 4.98. The summed E-state index contributed by atoms with van der Waals surface area (Å²) in [4.78, 5) is 0. The predicted octanol–water partition coefficient (Wildman–Crippen LogP) is 4.35. The summed E-state index contributed by atoms with van der Waals surface area (Å²) in [5, 5.41) is 11.3. The standard InChI is InChI=1S/C16H17NO2.C2H6/c1-12-5-4-7-13(9-12)16-11-17(18)10-14-6-2-3-8-15(14)19-16;1-2/h2-9,16,18H,10-11H2,1H3;1-2H3. The molecular weight excluding hydrogens is 262 g/mol. The van der Waals surface area contributed by atoms with Crippen LogP contribution in [0.4, 0.5) is 0 Å². The van der Waals surface area contributed by atoms with Crippen LogP contribution < -0.4 is 4.74 Å². The number of hydrogen-bond acceptors (Lipinski definition) is 3. The average molecular weight is 285 g/mol. The molecule has 0 spiro atoms. The summed E-state index contributed by atoms with van der Waals surface area (Å²) in [6, 6.07) is 16.1. The molecule has 2 aromatic carbocycles. The van der Waals surface area contributed by atoms with Crippen molar-refractivity contribution in [2.75, 3.05) is 6.54 Å². The van der Waals surface area contributed by atoms with Crippen LogP contribution in [0.5, 0.6) is 5.75 Å². The summed E-state index contributed by atoms with van der Waals surface area (Å²) in [6.07, 6.45) is -0.145. The lowest BCUT2D eigenvalue weighted by Crippen LogP contribution is -2.24. The average Bonchev–Trinajstić information content (AvgIpc) is 2.67. The number of fused-ring (bicyclic) bond motifs is 1. The number of hydroxylamine groups is 2. The van der Waals surface area contributed by atoms with Gasteiger partial charge in [-0.1, -0.05) is 61.9 Å². The molecule has 1 heterocycles. The van der Waals surface area contributed by atoms with E-state index in [0.29, 0.717) is 13.1 Å². The van der Waals surface area contributed by atoms with E-state index in [1.54, 1.807) is 0 Å². The van der Waals surface area contributed by atoms with E-state index in [9.17, 15) is 5.21 Å². The zero-order valence-electron chi connectivity index (χ0n) is 12.9. The van der Waals surface area contributed by atoms with E-state index in [1.807, 2.05) is 50.2 Å². The van der Waals surface area contributed by atoms with Crippen LogP contribution in [0.1, 0.15) is 36.6 Å². The number of para-hydroxylation sites is 1. The van der Waals surface area contributed by atoms with Gasteiger partial charge in [-0.25, -0.2) is 0 Å². The lowest BCUT2D eigenvalue weighted by Gasteiger charge is -2.20. The molecule has 0 saturated carbocycles. The SMILES string of the molecule is CC.Cc1cccc(C2CN(O)Cc3ccccc3O2)c1. The van der Waals surface area contributed by atoms with E-state index in [0.717, 1.165) is 16.9 Å². The van der Waals surface area contributed by atoms with Gasteiger partial charge in [0.2, 0.25) is 0 Å². The zero-order chi connectivity index (χ0) is 15.2. The summed E-state index contributed by atoms with van der Waals surface area (Å²) in [5.41, 5.74) is 3.30. The van der Waals surface area contributed by atoms with Crippen molar-refractivity contribution < 1.29 is 9.94 Å². The first-order valence-corrected chi connectivity index (χ1v) is 7.47. The van der Waals surface area contributed by atoms with Gasteiger partial charge in [0, 0.05) is 5.56 Å². The Labute approximate surface area is 126 Å². The quantitative estimate of drug-likeness (QED) is 0.845. The Morgan fingerprint density at radius 2 is 1.86 bits per heavy atom. The molecule has 21 heavy (non-hydrogen) atoms. The van der Waals surface area contributed by atoms with Gasteiger partial charge in [0.05, 0.1) is 13.1 Å². The molecule has 3 nitrogen and oxygen atoms in total. The first-order chi connectivity index (χ1) is 10.2. The van der Waals surface area contributed by atoms with E-state index >= 15 is 0 Å². The third-order valence-corrected chi connectivity index (χ3v) is 3.39. The second kappa shape index (κ2) is 7.25. The van der Waals surface area contributed by atoms with Gasteiger partial charge in [0.15, 0.2) is 0 Å². The highest BCUT2D eigenvalue weighted by Crippen LogP contribution is 2.30. The van der Waals surface area contributed by atoms with Gasteiger partial charge < -0.3 is 9.94 Å². The van der Waals surface area contributed by atoms with E-state index < -0.39 is 0 Å². The van der Waals surface area contributed by atoms with Crippen molar-refractivity contribution in [2.24, 2.45) is 0 Å². The highest BCUT2D eigenvalue weighted by molar-refractivity contribution is 5.35. The molecule has 0 amide bonds. The van der Waals surface area contributed by atoms with Crippen molar-refractivity contribution in [1.29, 1.82) is 0 Å². The monoisotopic (exact) mass is 285 g/mol. The molecule has 0 aliphatic carbocycles. The summed E-state index contributed by atoms with van der Waals surface area (Å²) in [7, 11) is 0. The lowest BCUT2D eigenvalue weighted by atomic mass is 10.1. The van der Waals surface area contributed by atoms with E-state index in [1.165, 1.54) is 10.6 Å². The lowest BCUT2D eigenvalue weighted by molar-refractivity contribution is -0.112. The third-order valence-electron chi connectivity index (χ3n) is 3.39. The minimum absolute atomic E-state index is 0.145. The van der Waals surface area contributed by atoms with E-state index in [4.69, 9.17) is 4.74 Å². The molecule has 0 bridgehead atoms. The van der Waals surface area contributed by atoms with Crippen molar-refractivity contribution in [2.45, 2.75) is 33.4 Å². The molecule has 1 aliphatic rings. The molecule has 0 aromatic heterocycles. The predicted molar refractivity (Wildman–Crippen MR) is 84.5 cm³/mol. The smallest absolute Gasteiger partial charge is 0.139 e. The van der Waals surface area contributed by atoms with Gasteiger partial charge in [-0.15, -0.1) is 0 Å². The normalized spacial score (nSPS) is 17.8. The van der Waals surface area contributed by atoms with Gasteiger partial charge in [-0.2, -0.15) is 5.06 Å². The van der Waals surface area contributed by atoms with Gasteiger partial charge in [0.25, 0.3) is 0 Å². The van der Waals surface area contributed by atoms with Gasteiger partial charge in [-0.3, -0.25) is 0 Å². The van der Waals surface area contributed by atoms with E-state index in [2.05, 4.69) is 19.1 Å². The highest BCUT2D eigenvalue weighted by atomic mass is 16.5. The minimum Gasteiger partial charge on any atom is -0.484 e. The van der Waals surface area contributed by atoms with Crippen molar-refractivity contribution in [3.8, 4) is 5.75 Å². The number of nitrogens with zero attached hydrogens (tertiary/aromatic N) is 1.